The Hall–Kier alpha value is -3.61. The van der Waals surface area contributed by atoms with Crippen molar-refractivity contribution < 1.29 is 27.8 Å². The Labute approximate surface area is 183 Å². The van der Waals surface area contributed by atoms with E-state index in [4.69, 9.17) is 4.74 Å². The van der Waals surface area contributed by atoms with Crippen LogP contribution in [0.2, 0.25) is 0 Å². The standard InChI is InChI=1S/C25H20F3NO3/c26-25(27,28)18-12-10-16(11-13-18)15-32-19-5-1-4-17(14-19)20-6-2-7-21(20)22-8-3-9-23(29-22)24(30)31/h1,3-5,8-14H,2,6-7,15H2,(H,30,31). The van der Waals surface area contributed by atoms with Gasteiger partial charge >= 0.3 is 12.1 Å². The lowest BCUT2D eigenvalue weighted by Gasteiger charge is -2.12. The predicted molar refractivity (Wildman–Crippen MR) is 114 cm³/mol. The van der Waals surface area contributed by atoms with Crippen LogP contribution in [0.25, 0.3) is 11.1 Å². The van der Waals surface area contributed by atoms with Crippen molar-refractivity contribution in [1.29, 1.82) is 0 Å². The van der Waals surface area contributed by atoms with E-state index >= 15 is 0 Å². The van der Waals surface area contributed by atoms with Crippen LogP contribution in [-0.4, -0.2) is 16.1 Å². The van der Waals surface area contributed by atoms with Crippen LogP contribution in [-0.2, 0) is 12.8 Å². The van der Waals surface area contributed by atoms with Crippen LogP contribution in [0.5, 0.6) is 5.75 Å². The number of allylic oxidation sites excluding steroid dienone is 2. The molecule has 0 saturated heterocycles. The molecule has 0 bridgehead atoms. The highest BCUT2D eigenvalue weighted by Gasteiger charge is 2.29. The van der Waals surface area contributed by atoms with Gasteiger partial charge < -0.3 is 9.84 Å². The summed E-state index contributed by atoms with van der Waals surface area (Å²) < 4.78 is 43.9. The SMILES string of the molecule is O=C(O)c1cccc(C2=C(c3cccc(OCc4ccc(C(F)(F)F)cc4)c3)CCC2)n1. The Bertz CT molecular complexity index is 1170. The molecular weight excluding hydrogens is 419 g/mol. The zero-order chi connectivity index (χ0) is 22.7. The smallest absolute Gasteiger partial charge is 0.416 e. The van der Waals surface area contributed by atoms with Crippen molar-refractivity contribution in [3.63, 3.8) is 0 Å². The van der Waals surface area contributed by atoms with Gasteiger partial charge in [0.1, 0.15) is 18.1 Å². The number of carboxylic acid groups (broad SMARTS) is 1. The molecule has 0 fully saturated rings. The summed E-state index contributed by atoms with van der Waals surface area (Å²) in [4.78, 5) is 15.6. The van der Waals surface area contributed by atoms with Gasteiger partial charge in [-0.1, -0.05) is 30.3 Å². The first-order valence-electron chi connectivity index (χ1n) is 10.1. The number of halogens is 3. The molecule has 1 heterocycles. The summed E-state index contributed by atoms with van der Waals surface area (Å²) in [5.41, 5.74) is 3.70. The highest BCUT2D eigenvalue weighted by molar-refractivity contribution is 5.93. The van der Waals surface area contributed by atoms with Crippen LogP contribution in [0.1, 0.15) is 52.1 Å². The quantitative estimate of drug-likeness (QED) is 0.478. The molecule has 164 valence electrons. The van der Waals surface area contributed by atoms with Crippen molar-refractivity contribution in [2.75, 3.05) is 0 Å². The number of hydrogen-bond acceptors (Lipinski definition) is 3. The summed E-state index contributed by atoms with van der Waals surface area (Å²) in [6.07, 6.45) is -1.77. The summed E-state index contributed by atoms with van der Waals surface area (Å²) in [5.74, 6) is -0.459. The molecule has 0 atom stereocenters. The Morgan fingerprint density at radius 3 is 2.41 bits per heavy atom. The fraction of sp³-hybridized carbons (Fsp3) is 0.200. The number of ether oxygens (including phenoxy) is 1. The Morgan fingerprint density at radius 1 is 0.969 bits per heavy atom. The van der Waals surface area contributed by atoms with Gasteiger partial charge in [-0.2, -0.15) is 13.2 Å². The molecule has 0 amide bonds. The van der Waals surface area contributed by atoms with E-state index in [2.05, 4.69) is 4.98 Å². The maximum absolute atomic E-state index is 12.7. The Balaban J connectivity index is 1.54. The second kappa shape index (κ2) is 8.86. The average Bonchev–Trinajstić information content (AvgIpc) is 3.28. The first-order chi connectivity index (χ1) is 15.3. The molecule has 0 saturated carbocycles. The van der Waals surface area contributed by atoms with Gasteiger partial charge in [0.25, 0.3) is 0 Å². The number of pyridine rings is 1. The number of benzene rings is 2. The van der Waals surface area contributed by atoms with Crippen molar-refractivity contribution in [2.45, 2.75) is 32.0 Å². The minimum Gasteiger partial charge on any atom is -0.489 e. The van der Waals surface area contributed by atoms with E-state index in [-0.39, 0.29) is 12.3 Å². The molecular formula is C25H20F3NO3. The number of alkyl halides is 3. The van der Waals surface area contributed by atoms with Gasteiger partial charge in [-0.3, -0.25) is 0 Å². The maximum Gasteiger partial charge on any atom is 0.416 e. The lowest BCUT2D eigenvalue weighted by atomic mass is 9.99. The zero-order valence-corrected chi connectivity index (χ0v) is 17.0. The highest BCUT2D eigenvalue weighted by atomic mass is 19.4. The molecule has 1 N–H and O–H groups in total. The summed E-state index contributed by atoms with van der Waals surface area (Å²) in [6, 6.07) is 17.4. The molecule has 7 heteroatoms. The van der Waals surface area contributed by atoms with E-state index in [1.807, 2.05) is 24.3 Å². The van der Waals surface area contributed by atoms with Gasteiger partial charge in [-0.05, 0) is 77.9 Å². The van der Waals surface area contributed by atoms with Crippen LogP contribution in [0.3, 0.4) is 0 Å². The van der Waals surface area contributed by atoms with Crippen molar-refractivity contribution in [2.24, 2.45) is 0 Å². The minimum absolute atomic E-state index is 0.00914. The van der Waals surface area contributed by atoms with E-state index in [9.17, 15) is 23.1 Å². The molecule has 4 rings (SSSR count). The summed E-state index contributed by atoms with van der Waals surface area (Å²) >= 11 is 0. The molecule has 0 spiro atoms. The number of aromatic nitrogens is 1. The van der Waals surface area contributed by atoms with Crippen LogP contribution in [0.4, 0.5) is 13.2 Å². The van der Waals surface area contributed by atoms with E-state index in [0.29, 0.717) is 17.0 Å². The minimum atomic E-state index is -4.36. The van der Waals surface area contributed by atoms with E-state index in [1.165, 1.54) is 18.2 Å². The Morgan fingerprint density at radius 2 is 1.69 bits per heavy atom. The fourth-order valence-electron chi connectivity index (χ4n) is 3.80. The zero-order valence-electron chi connectivity index (χ0n) is 17.0. The van der Waals surface area contributed by atoms with Gasteiger partial charge in [0.05, 0.1) is 11.3 Å². The lowest BCUT2D eigenvalue weighted by molar-refractivity contribution is -0.137. The van der Waals surface area contributed by atoms with Gasteiger partial charge in [0, 0.05) is 0 Å². The van der Waals surface area contributed by atoms with E-state index in [1.54, 1.807) is 12.1 Å². The van der Waals surface area contributed by atoms with Crippen molar-refractivity contribution in [3.05, 3.63) is 94.8 Å². The molecule has 2 aromatic carbocycles. The first-order valence-corrected chi connectivity index (χ1v) is 10.1. The molecule has 3 aromatic rings. The van der Waals surface area contributed by atoms with Gasteiger partial charge in [0.2, 0.25) is 0 Å². The topological polar surface area (TPSA) is 59.4 Å². The second-order valence-corrected chi connectivity index (χ2v) is 7.54. The first kappa shape index (κ1) is 21.6. The number of carboxylic acids is 1. The van der Waals surface area contributed by atoms with Crippen molar-refractivity contribution >= 4 is 17.1 Å². The third kappa shape index (κ3) is 4.82. The average molecular weight is 439 g/mol. The largest absolute Gasteiger partial charge is 0.489 e. The molecule has 1 aliphatic carbocycles. The number of nitrogens with zero attached hydrogens (tertiary/aromatic N) is 1. The number of hydrogen-bond donors (Lipinski definition) is 1. The summed E-state index contributed by atoms with van der Waals surface area (Å²) in [5, 5.41) is 9.23. The van der Waals surface area contributed by atoms with Gasteiger partial charge in [0.15, 0.2) is 0 Å². The fourth-order valence-corrected chi connectivity index (χ4v) is 3.80. The van der Waals surface area contributed by atoms with Gasteiger partial charge in [-0.25, -0.2) is 9.78 Å². The normalized spacial score (nSPS) is 14.0. The molecule has 1 aromatic heterocycles. The van der Waals surface area contributed by atoms with Crippen LogP contribution >= 0.6 is 0 Å². The van der Waals surface area contributed by atoms with Crippen molar-refractivity contribution in [1.82, 2.24) is 4.98 Å². The predicted octanol–water partition coefficient (Wildman–Crippen LogP) is 6.47. The summed E-state index contributed by atoms with van der Waals surface area (Å²) in [6.45, 7) is 0.149. The van der Waals surface area contributed by atoms with Gasteiger partial charge in [-0.15, -0.1) is 0 Å². The molecule has 4 nitrogen and oxygen atoms in total. The van der Waals surface area contributed by atoms with E-state index < -0.39 is 17.7 Å². The number of rotatable bonds is 6. The Kier molecular flexibility index (Phi) is 5.99. The molecule has 1 aliphatic rings. The highest BCUT2D eigenvalue weighted by Crippen LogP contribution is 2.40. The monoisotopic (exact) mass is 439 g/mol. The van der Waals surface area contributed by atoms with Crippen LogP contribution < -0.4 is 4.74 Å². The number of carbonyl (C=O) groups is 1. The summed E-state index contributed by atoms with van der Waals surface area (Å²) in [7, 11) is 0. The van der Waals surface area contributed by atoms with Crippen LogP contribution in [0.15, 0.2) is 66.7 Å². The molecule has 0 unspecified atom stereocenters. The van der Waals surface area contributed by atoms with Crippen molar-refractivity contribution in [3.8, 4) is 5.75 Å². The molecule has 0 aliphatic heterocycles. The third-order valence-electron chi connectivity index (χ3n) is 5.36. The second-order valence-electron chi connectivity index (χ2n) is 7.54. The maximum atomic E-state index is 12.7. The van der Waals surface area contributed by atoms with Crippen LogP contribution in [0, 0.1) is 0 Å². The lowest BCUT2D eigenvalue weighted by Crippen LogP contribution is -2.05. The molecule has 32 heavy (non-hydrogen) atoms. The number of aromatic carboxylic acids is 1. The third-order valence-corrected chi connectivity index (χ3v) is 5.36. The van der Waals surface area contributed by atoms with E-state index in [0.717, 1.165) is 48.1 Å². The molecule has 0 radical (unpaired) electrons.